The van der Waals surface area contributed by atoms with Crippen LogP contribution in [0.5, 0.6) is 0 Å². The minimum absolute atomic E-state index is 0.254. The molecule has 0 radical (unpaired) electrons. The molecule has 3 atom stereocenters. The normalized spacial score (nSPS) is 26.3. The third-order valence-corrected chi connectivity index (χ3v) is 4.43. The summed E-state index contributed by atoms with van der Waals surface area (Å²) in [6, 6.07) is 0. The van der Waals surface area contributed by atoms with Gasteiger partial charge in [-0.25, -0.2) is 0 Å². The van der Waals surface area contributed by atoms with Gasteiger partial charge in [0.1, 0.15) is 5.01 Å². The predicted molar refractivity (Wildman–Crippen MR) is 70.9 cm³/mol. The maximum atomic E-state index is 12.1. The molecule has 2 N–H and O–H groups in total. The lowest BCUT2D eigenvalue weighted by Crippen LogP contribution is -2.29. The zero-order valence-electron chi connectivity index (χ0n) is 10.9. The van der Waals surface area contributed by atoms with Gasteiger partial charge in [0, 0.05) is 0 Å². The van der Waals surface area contributed by atoms with Gasteiger partial charge < -0.3 is 10.4 Å². The quantitative estimate of drug-likeness (QED) is 0.878. The molecule has 1 amide bonds. The Hall–Kier alpha value is -1.50. The van der Waals surface area contributed by atoms with Crippen molar-refractivity contribution in [2.45, 2.75) is 33.1 Å². The molecule has 104 valence electrons. The van der Waals surface area contributed by atoms with Crippen molar-refractivity contribution in [1.29, 1.82) is 0 Å². The summed E-state index contributed by atoms with van der Waals surface area (Å²) in [5, 5.41) is 20.9. The van der Waals surface area contributed by atoms with Gasteiger partial charge in [0.25, 0.3) is 0 Å². The molecule has 6 nitrogen and oxygen atoms in total. The van der Waals surface area contributed by atoms with Crippen molar-refractivity contribution in [3.8, 4) is 0 Å². The van der Waals surface area contributed by atoms with E-state index in [-0.39, 0.29) is 11.8 Å². The van der Waals surface area contributed by atoms with Crippen LogP contribution >= 0.6 is 11.3 Å². The van der Waals surface area contributed by atoms with Crippen LogP contribution in [-0.4, -0.2) is 27.2 Å². The van der Waals surface area contributed by atoms with Crippen molar-refractivity contribution < 1.29 is 14.7 Å². The largest absolute Gasteiger partial charge is 0.481 e. The van der Waals surface area contributed by atoms with Crippen molar-refractivity contribution in [3.63, 3.8) is 0 Å². The summed E-state index contributed by atoms with van der Waals surface area (Å²) in [5.41, 5.74) is 0. The topological polar surface area (TPSA) is 92.2 Å². The Bertz CT molecular complexity index is 488. The minimum atomic E-state index is -0.893. The highest BCUT2D eigenvalue weighted by molar-refractivity contribution is 7.15. The first-order chi connectivity index (χ1) is 9.01. The lowest BCUT2D eigenvalue weighted by atomic mass is 9.95. The summed E-state index contributed by atoms with van der Waals surface area (Å²) in [4.78, 5) is 23.3. The Morgan fingerprint density at radius 2 is 2.05 bits per heavy atom. The van der Waals surface area contributed by atoms with Crippen molar-refractivity contribution in [2.75, 3.05) is 5.32 Å². The van der Waals surface area contributed by atoms with Gasteiger partial charge in [-0.1, -0.05) is 25.2 Å². The Morgan fingerprint density at radius 3 is 2.63 bits per heavy atom. The molecule has 0 aliphatic heterocycles. The number of aliphatic carboxylic acids is 1. The number of carbonyl (C=O) groups is 2. The van der Waals surface area contributed by atoms with Crippen LogP contribution in [0, 0.1) is 17.8 Å². The Balaban J connectivity index is 2.04. The van der Waals surface area contributed by atoms with Gasteiger partial charge in [-0.05, 0) is 25.2 Å². The van der Waals surface area contributed by atoms with Crippen molar-refractivity contribution in [2.24, 2.45) is 17.8 Å². The van der Waals surface area contributed by atoms with E-state index in [2.05, 4.69) is 15.5 Å². The van der Waals surface area contributed by atoms with E-state index in [1.165, 1.54) is 11.3 Å². The van der Waals surface area contributed by atoms with Crippen molar-refractivity contribution in [3.05, 3.63) is 5.01 Å². The number of aromatic nitrogens is 2. The Morgan fingerprint density at radius 1 is 1.37 bits per heavy atom. The average Bonchev–Trinajstić information content (AvgIpc) is 2.95. The number of hydrogen-bond acceptors (Lipinski definition) is 5. The molecule has 1 heterocycles. The van der Waals surface area contributed by atoms with Crippen LogP contribution in [0.2, 0.25) is 0 Å². The lowest BCUT2D eigenvalue weighted by Gasteiger charge is -2.13. The molecule has 0 saturated heterocycles. The summed E-state index contributed by atoms with van der Waals surface area (Å²) in [6.07, 6.45) is 1.94. The molecule has 1 aliphatic rings. The fourth-order valence-electron chi connectivity index (χ4n) is 2.50. The second kappa shape index (κ2) is 5.64. The molecule has 0 spiro atoms. The number of nitrogens with one attached hydrogen (secondary N) is 1. The van der Waals surface area contributed by atoms with Gasteiger partial charge in [-0.3, -0.25) is 9.59 Å². The standard InChI is InChI=1S/C12H17N3O3S/c1-3-9-14-15-12(19-9)13-10(16)7-4-6(2)5-8(7)11(17)18/h6-8H,3-5H2,1-2H3,(H,17,18)(H,13,15,16). The minimum Gasteiger partial charge on any atom is -0.481 e. The van der Waals surface area contributed by atoms with E-state index in [0.717, 1.165) is 11.4 Å². The molecule has 1 aromatic rings. The molecule has 7 heteroatoms. The Kier molecular flexibility index (Phi) is 4.14. The van der Waals surface area contributed by atoms with Crippen LogP contribution < -0.4 is 5.32 Å². The van der Waals surface area contributed by atoms with Crippen molar-refractivity contribution >= 4 is 28.3 Å². The van der Waals surface area contributed by atoms with Crippen LogP contribution in [-0.2, 0) is 16.0 Å². The molecule has 1 aromatic heterocycles. The lowest BCUT2D eigenvalue weighted by molar-refractivity contribution is -0.145. The van der Waals surface area contributed by atoms with Gasteiger partial charge in [-0.15, -0.1) is 10.2 Å². The van der Waals surface area contributed by atoms with E-state index in [9.17, 15) is 9.59 Å². The van der Waals surface area contributed by atoms with E-state index < -0.39 is 17.8 Å². The Labute approximate surface area is 115 Å². The number of rotatable bonds is 4. The summed E-state index contributed by atoms with van der Waals surface area (Å²) < 4.78 is 0. The molecule has 1 saturated carbocycles. The molecule has 3 unspecified atom stereocenters. The fraction of sp³-hybridized carbons (Fsp3) is 0.667. The third-order valence-electron chi connectivity index (χ3n) is 3.45. The monoisotopic (exact) mass is 283 g/mol. The van der Waals surface area contributed by atoms with Crippen LogP contribution in [0.4, 0.5) is 5.13 Å². The number of aryl methyl sites for hydroxylation is 1. The summed E-state index contributed by atoms with van der Waals surface area (Å²) >= 11 is 1.33. The number of amides is 1. The summed E-state index contributed by atoms with van der Waals surface area (Å²) in [5.74, 6) is -1.95. The highest BCUT2D eigenvalue weighted by Gasteiger charge is 2.41. The molecule has 2 rings (SSSR count). The van der Waals surface area contributed by atoms with Crippen LogP contribution in [0.3, 0.4) is 0 Å². The number of carbonyl (C=O) groups excluding carboxylic acids is 1. The predicted octanol–water partition coefficient (Wildman–Crippen LogP) is 1.79. The van der Waals surface area contributed by atoms with Gasteiger partial charge in [-0.2, -0.15) is 0 Å². The third kappa shape index (κ3) is 3.09. The average molecular weight is 283 g/mol. The van der Waals surface area contributed by atoms with E-state index >= 15 is 0 Å². The van der Waals surface area contributed by atoms with Crippen molar-refractivity contribution in [1.82, 2.24) is 10.2 Å². The van der Waals surface area contributed by atoms with Crippen LogP contribution in [0.15, 0.2) is 0 Å². The maximum Gasteiger partial charge on any atom is 0.307 e. The number of hydrogen-bond donors (Lipinski definition) is 2. The van der Waals surface area contributed by atoms with E-state index in [0.29, 0.717) is 18.0 Å². The first-order valence-electron chi connectivity index (χ1n) is 6.37. The first kappa shape index (κ1) is 13.9. The van der Waals surface area contributed by atoms with Gasteiger partial charge in [0.05, 0.1) is 11.8 Å². The highest BCUT2D eigenvalue weighted by Crippen LogP contribution is 2.37. The molecular weight excluding hydrogens is 266 g/mol. The second-order valence-electron chi connectivity index (χ2n) is 4.97. The van der Waals surface area contributed by atoms with E-state index in [1.54, 1.807) is 0 Å². The van der Waals surface area contributed by atoms with Crippen LogP contribution in [0.1, 0.15) is 31.7 Å². The van der Waals surface area contributed by atoms with Crippen LogP contribution in [0.25, 0.3) is 0 Å². The zero-order valence-corrected chi connectivity index (χ0v) is 11.7. The molecule has 19 heavy (non-hydrogen) atoms. The molecular formula is C12H17N3O3S. The van der Waals surface area contributed by atoms with E-state index in [1.807, 2.05) is 13.8 Å². The van der Waals surface area contributed by atoms with Gasteiger partial charge in [0.15, 0.2) is 0 Å². The number of nitrogens with zero attached hydrogens (tertiary/aromatic N) is 2. The number of carboxylic acid groups (broad SMARTS) is 1. The van der Waals surface area contributed by atoms with E-state index in [4.69, 9.17) is 5.11 Å². The smallest absolute Gasteiger partial charge is 0.307 e. The number of anilines is 1. The highest BCUT2D eigenvalue weighted by atomic mass is 32.1. The molecule has 0 aromatic carbocycles. The van der Waals surface area contributed by atoms with Gasteiger partial charge in [0.2, 0.25) is 11.0 Å². The fourth-order valence-corrected chi connectivity index (χ4v) is 3.18. The zero-order chi connectivity index (χ0) is 14.0. The first-order valence-corrected chi connectivity index (χ1v) is 7.19. The SMILES string of the molecule is CCc1nnc(NC(=O)C2CC(C)CC2C(=O)O)s1. The maximum absolute atomic E-state index is 12.1. The molecule has 1 aliphatic carbocycles. The second-order valence-corrected chi connectivity index (χ2v) is 6.03. The summed E-state index contributed by atoms with van der Waals surface area (Å²) in [7, 11) is 0. The molecule has 0 bridgehead atoms. The van der Waals surface area contributed by atoms with Gasteiger partial charge >= 0.3 is 5.97 Å². The molecule has 1 fully saturated rings. The summed E-state index contributed by atoms with van der Waals surface area (Å²) in [6.45, 7) is 3.94. The number of carboxylic acids is 1.